The van der Waals surface area contributed by atoms with Gasteiger partial charge < -0.3 is 23.4 Å². The van der Waals surface area contributed by atoms with Crippen molar-refractivity contribution in [2.24, 2.45) is 0 Å². The third-order valence-electron chi connectivity index (χ3n) is 6.30. The first kappa shape index (κ1) is 18.0. The molecule has 2 aromatic carbocycles. The summed E-state index contributed by atoms with van der Waals surface area (Å²) in [4.78, 5) is 0. The third-order valence-corrected chi connectivity index (χ3v) is 6.30. The average molecular weight is 370 g/mol. The van der Waals surface area contributed by atoms with Crippen LogP contribution in [-0.2, 0) is 19.4 Å². The Hall–Kier alpha value is -2.40. The third kappa shape index (κ3) is 2.81. The number of nitrogens with zero attached hydrogens (tertiary/aromatic N) is 1. The van der Waals surface area contributed by atoms with Gasteiger partial charge in [-0.05, 0) is 35.4 Å². The zero-order chi connectivity index (χ0) is 19.2. The highest BCUT2D eigenvalue weighted by Gasteiger charge is 2.43. The molecule has 0 N–H and O–H groups in total. The van der Waals surface area contributed by atoms with Crippen molar-refractivity contribution in [1.82, 2.24) is 0 Å². The Morgan fingerprint density at radius 2 is 1.26 bits per heavy atom. The lowest BCUT2D eigenvalue weighted by Gasteiger charge is -2.49. The quantitative estimate of drug-likeness (QED) is 0.772. The molecular formula is C22H28NO4+. The van der Waals surface area contributed by atoms with Crippen molar-refractivity contribution in [3.8, 4) is 23.0 Å². The molecule has 144 valence electrons. The molecule has 2 aliphatic rings. The van der Waals surface area contributed by atoms with Crippen LogP contribution >= 0.6 is 0 Å². The van der Waals surface area contributed by atoms with E-state index in [9.17, 15) is 0 Å². The monoisotopic (exact) mass is 370 g/mol. The Balaban J connectivity index is 1.80. The maximum absolute atomic E-state index is 5.58. The minimum Gasteiger partial charge on any atom is -0.493 e. The second kappa shape index (κ2) is 6.64. The van der Waals surface area contributed by atoms with Gasteiger partial charge in [0, 0.05) is 24.0 Å². The lowest BCUT2D eigenvalue weighted by Crippen LogP contribution is -2.53. The van der Waals surface area contributed by atoms with E-state index >= 15 is 0 Å². The summed E-state index contributed by atoms with van der Waals surface area (Å²) in [6.45, 7) is 2.11. The second-order valence-electron chi connectivity index (χ2n) is 7.71. The highest BCUT2D eigenvalue weighted by Crippen LogP contribution is 2.47. The molecule has 0 aromatic heterocycles. The maximum atomic E-state index is 5.58. The van der Waals surface area contributed by atoms with E-state index in [1.807, 2.05) is 0 Å². The van der Waals surface area contributed by atoms with Gasteiger partial charge in [0.05, 0.1) is 42.0 Å². The van der Waals surface area contributed by atoms with Crippen LogP contribution in [0.4, 0.5) is 0 Å². The van der Waals surface area contributed by atoms with Gasteiger partial charge in [0.15, 0.2) is 23.0 Å². The Morgan fingerprint density at radius 1 is 0.741 bits per heavy atom. The minimum absolute atomic E-state index is 0.402. The topological polar surface area (TPSA) is 36.9 Å². The first-order chi connectivity index (χ1) is 13.0. The maximum Gasteiger partial charge on any atom is 0.161 e. The van der Waals surface area contributed by atoms with Crippen LogP contribution in [0.3, 0.4) is 0 Å². The van der Waals surface area contributed by atoms with Gasteiger partial charge in [0.1, 0.15) is 12.6 Å². The Kier molecular flexibility index (Phi) is 4.42. The van der Waals surface area contributed by atoms with Gasteiger partial charge in [-0.25, -0.2) is 0 Å². The smallest absolute Gasteiger partial charge is 0.161 e. The van der Waals surface area contributed by atoms with Crippen molar-refractivity contribution >= 4 is 0 Å². The van der Waals surface area contributed by atoms with Crippen LogP contribution in [0.25, 0.3) is 0 Å². The molecule has 0 aliphatic carbocycles. The Bertz CT molecular complexity index is 879. The van der Waals surface area contributed by atoms with Gasteiger partial charge in [-0.15, -0.1) is 0 Å². The van der Waals surface area contributed by atoms with Crippen molar-refractivity contribution in [1.29, 1.82) is 0 Å². The van der Waals surface area contributed by atoms with Gasteiger partial charge in [-0.2, -0.15) is 0 Å². The Morgan fingerprint density at radius 3 is 1.85 bits per heavy atom. The van der Waals surface area contributed by atoms with E-state index < -0.39 is 0 Å². The number of quaternary nitrogens is 1. The molecule has 5 heteroatoms. The lowest BCUT2D eigenvalue weighted by atomic mass is 9.81. The van der Waals surface area contributed by atoms with Gasteiger partial charge >= 0.3 is 0 Å². The summed E-state index contributed by atoms with van der Waals surface area (Å²) >= 11 is 0. The van der Waals surface area contributed by atoms with E-state index in [1.54, 1.807) is 28.4 Å². The number of hydrogen-bond acceptors (Lipinski definition) is 4. The summed E-state index contributed by atoms with van der Waals surface area (Å²) < 4.78 is 23.2. The van der Waals surface area contributed by atoms with Crippen molar-refractivity contribution in [3.63, 3.8) is 0 Å². The fourth-order valence-corrected chi connectivity index (χ4v) is 4.75. The van der Waals surface area contributed by atoms with E-state index in [-0.39, 0.29) is 0 Å². The van der Waals surface area contributed by atoms with E-state index in [4.69, 9.17) is 18.9 Å². The molecule has 4 rings (SSSR count). The van der Waals surface area contributed by atoms with Crippen LogP contribution in [-0.4, -0.2) is 46.5 Å². The van der Waals surface area contributed by atoms with Crippen LogP contribution in [0.5, 0.6) is 23.0 Å². The standard InChI is InChI=1S/C22H28NO4/c1-23-7-6-14-9-19(24-2)22(27-5)12-17(14)18(23)8-15-10-20(25-3)21(26-4)11-16(15)13-23/h9-12,18H,6-8,13H2,1-5H3/q+1/t18-,23?/m1/s1. The number of benzene rings is 2. The van der Waals surface area contributed by atoms with Crippen LogP contribution in [0.2, 0.25) is 0 Å². The van der Waals surface area contributed by atoms with Crippen molar-refractivity contribution in [2.75, 3.05) is 42.0 Å². The van der Waals surface area contributed by atoms with Crippen LogP contribution < -0.4 is 18.9 Å². The molecule has 0 bridgehead atoms. The van der Waals surface area contributed by atoms with E-state index in [1.165, 1.54) is 22.3 Å². The van der Waals surface area contributed by atoms with Crippen molar-refractivity contribution in [2.45, 2.75) is 25.4 Å². The first-order valence-electron chi connectivity index (χ1n) is 9.35. The number of hydrogen-bond donors (Lipinski definition) is 0. The molecule has 2 aromatic rings. The molecule has 0 fully saturated rings. The molecule has 2 atom stereocenters. The molecule has 1 unspecified atom stereocenters. The minimum atomic E-state index is 0.402. The van der Waals surface area contributed by atoms with Crippen LogP contribution in [0.1, 0.15) is 28.3 Å². The molecule has 2 aliphatic heterocycles. The largest absolute Gasteiger partial charge is 0.493 e. The van der Waals surface area contributed by atoms with Crippen molar-refractivity contribution in [3.05, 3.63) is 46.5 Å². The van der Waals surface area contributed by atoms with Crippen LogP contribution in [0.15, 0.2) is 24.3 Å². The molecule has 5 nitrogen and oxygen atoms in total. The van der Waals surface area contributed by atoms with Gasteiger partial charge in [0.2, 0.25) is 0 Å². The molecule has 0 spiro atoms. The molecule has 2 heterocycles. The van der Waals surface area contributed by atoms with Gasteiger partial charge in [-0.1, -0.05) is 0 Å². The summed E-state index contributed by atoms with van der Waals surface area (Å²) in [6.07, 6.45) is 2.03. The average Bonchev–Trinajstić information content (AvgIpc) is 2.69. The summed E-state index contributed by atoms with van der Waals surface area (Å²) in [7, 11) is 9.16. The van der Waals surface area contributed by atoms with E-state index in [0.717, 1.165) is 53.4 Å². The SMILES string of the molecule is COc1cc2c(cc1OC)C[N+]1(C)CCc3cc(OC)c(OC)cc3[C@H]1C2. The van der Waals surface area contributed by atoms with E-state index in [2.05, 4.69) is 31.3 Å². The number of methoxy groups -OCH3 is 4. The predicted octanol–water partition coefficient (Wildman–Crippen LogP) is 3.52. The predicted molar refractivity (Wildman–Crippen MR) is 104 cm³/mol. The number of fused-ring (bicyclic) bond motifs is 4. The molecule has 0 amide bonds. The summed E-state index contributed by atoms with van der Waals surface area (Å²) in [5, 5.41) is 0. The van der Waals surface area contributed by atoms with Gasteiger partial charge in [-0.3, -0.25) is 0 Å². The molecule has 0 saturated heterocycles. The zero-order valence-corrected chi connectivity index (χ0v) is 16.8. The van der Waals surface area contributed by atoms with Crippen molar-refractivity contribution < 1.29 is 23.4 Å². The fraction of sp³-hybridized carbons (Fsp3) is 0.455. The van der Waals surface area contributed by atoms with E-state index in [0.29, 0.717) is 6.04 Å². The highest BCUT2D eigenvalue weighted by atomic mass is 16.5. The fourth-order valence-electron chi connectivity index (χ4n) is 4.75. The second-order valence-corrected chi connectivity index (χ2v) is 7.71. The first-order valence-corrected chi connectivity index (χ1v) is 9.35. The highest BCUT2D eigenvalue weighted by molar-refractivity contribution is 5.51. The molecule has 27 heavy (non-hydrogen) atoms. The number of rotatable bonds is 4. The van der Waals surface area contributed by atoms with Gasteiger partial charge in [0.25, 0.3) is 0 Å². The molecular weight excluding hydrogens is 342 g/mol. The number of likely N-dealkylation sites (N-methyl/N-ethyl adjacent to an activating group) is 1. The lowest BCUT2D eigenvalue weighted by molar-refractivity contribution is -0.956. The number of ether oxygens (including phenoxy) is 4. The normalized spacial score (nSPS) is 22.9. The molecule has 0 saturated carbocycles. The summed E-state index contributed by atoms with van der Waals surface area (Å²) in [5.41, 5.74) is 5.45. The summed E-state index contributed by atoms with van der Waals surface area (Å²) in [5.74, 6) is 3.23. The summed E-state index contributed by atoms with van der Waals surface area (Å²) in [6, 6.07) is 9.03. The molecule has 0 radical (unpaired) electrons. The van der Waals surface area contributed by atoms with Crippen LogP contribution in [0, 0.1) is 0 Å². The zero-order valence-electron chi connectivity index (χ0n) is 16.8. The Labute approximate surface area is 161 Å².